The predicted molar refractivity (Wildman–Crippen MR) is 85.1 cm³/mol. The van der Waals surface area contributed by atoms with Crippen LogP contribution in [0.5, 0.6) is 0 Å². The van der Waals surface area contributed by atoms with Crippen LogP contribution in [0, 0.1) is 0 Å². The molecule has 2 aliphatic rings. The third-order valence-corrected chi connectivity index (χ3v) is 4.93. The summed E-state index contributed by atoms with van der Waals surface area (Å²) < 4.78 is 1.74. The van der Waals surface area contributed by atoms with E-state index in [-0.39, 0.29) is 0 Å². The largest absolute Gasteiger partial charge is 0.352 e. The zero-order chi connectivity index (χ0) is 15.1. The first kappa shape index (κ1) is 13.9. The Kier molecular flexibility index (Phi) is 3.46. The molecule has 118 valence electrons. The highest BCUT2D eigenvalue weighted by molar-refractivity contribution is 5.47. The van der Waals surface area contributed by atoms with E-state index in [1.165, 1.54) is 26.2 Å². The molecule has 2 aliphatic heterocycles. The molecule has 0 saturated carbocycles. The molecule has 2 aromatic rings. The van der Waals surface area contributed by atoms with Crippen molar-refractivity contribution in [2.24, 2.45) is 0 Å². The van der Waals surface area contributed by atoms with Crippen molar-refractivity contribution in [2.75, 3.05) is 44.2 Å². The van der Waals surface area contributed by atoms with Gasteiger partial charge in [-0.2, -0.15) is 4.52 Å². The van der Waals surface area contributed by atoms with E-state index in [2.05, 4.69) is 43.8 Å². The molecule has 0 N–H and O–H groups in total. The molecule has 0 unspecified atom stereocenters. The second kappa shape index (κ2) is 5.48. The first-order valence-electron chi connectivity index (χ1n) is 8.11. The molecule has 2 fully saturated rings. The SMILES string of the molecule is CC(C)N1CCN(C2CN(c3ccc4nncn4n3)C2)CC1. The van der Waals surface area contributed by atoms with Crippen molar-refractivity contribution in [1.29, 1.82) is 0 Å². The van der Waals surface area contributed by atoms with E-state index in [0.717, 1.165) is 24.6 Å². The molecule has 0 bridgehead atoms. The minimum atomic E-state index is 0.666. The van der Waals surface area contributed by atoms with Gasteiger partial charge in [-0.1, -0.05) is 0 Å². The fourth-order valence-corrected chi connectivity index (χ4v) is 3.38. The number of nitrogens with zero attached hydrogens (tertiary/aromatic N) is 7. The average molecular weight is 301 g/mol. The Hall–Kier alpha value is -1.73. The number of aromatic nitrogens is 4. The lowest BCUT2D eigenvalue weighted by atomic mass is 10.1. The van der Waals surface area contributed by atoms with E-state index in [1.807, 2.05) is 12.1 Å². The number of piperazine rings is 1. The molecule has 7 heteroatoms. The van der Waals surface area contributed by atoms with Crippen molar-refractivity contribution in [3.8, 4) is 0 Å². The molecule has 0 aliphatic carbocycles. The van der Waals surface area contributed by atoms with Crippen molar-refractivity contribution in [3.63, 3.8) is 0 Å². The quantitative estimate of drug-likeness (QED) is 0.815. The second-order valence-electron chi connectivity index (χ2n) is 6.55. The van der Waals surface area contributed by atoms with Crippen LogP contribution < -0.4 is 4.90 Å². The lowest BCUT2D eigenvalue weighted by Crippen LogP contribution is -2.63. The standard InChI is InChI=1S/C15H23N7/c1-12(2)19-5-7-20(8-6-19)13-9-21(10-13)15-4-3-14-17-16-11-22(14)18-15/h3-4,11-13H,5-10H2,1-2H3. The number of anilines is 1. The predicted octanol–water partition coefficient (Wildman–Crippen LogP) is 0.339. The van der Waals surface area contributed by atoms with Crippen molar-refractivity contribution in [1.82, 2.24) is 29.6 Å². The fraction of sp³-hybridized carbons (Fsp3) is 0.667. The molecule has 0 atom stereocenters. The van der Waals surface area contributed by atoms with Gasteiger partial charge in [-0.25, -0.2) is 0 Å². The van der Waals surface area contributed by atoms with Gasteiger partial charge in [0.2, 0.25) is 0 Å². The van der Waals surface area contributed by atoms with Gasteiger partial charge in [0.05, 0.1) is 0 Å². The number of hydrogen-bond donors (Lipinski definition) is 0. The zero-order valence-electron chi connectivity index (χ0n) is 13.3. The molecule has 0 amide bonds. The van der Waals surface area contributed by atoms with Crippen LogP contribution in [-0.2, 0) is 0 Å². The van der Waals surface area contributed by atoms with Gasteiger partial charge in [0.25, 0.3) is 0 Å². The molecule has 2 aromatic heterocycles. The van der Waals surface area contributed by atoms with Crippen LogP contribution in [0.1, 0.15) is 13.8 Å². The molecule has 0 spiro atoms. The molecular weight excluding hydrogens is 278 g/mol. The lowest BCUT2D eigenvalue weighted by Gasteiger charge is -2.49. The highest BCUT2D eigenvalue weighted by Crippen LogP contribution is 2.23. The maximum Gasteiger partial charge on any atom is 0.177 e. The number of hydrogen-bond acceptors (Lipinski definition) is 6. The normalized spacial score (nSPS) is 21.7. The van der Waals surface area contributed by atoms with E-state index in [1.54, 1.807) is 10.8 Å². The minimum absolute atomic E-state index is 0.666. The van der Waals surface area contributed by atoms with Crippen LogP contribution in [0.15, 0.2) is 18.5 Å². The second-order valence-corrected chi connectivity index (χ2v) is 6.55. The molecule has 4 heterocycles. The Morgan fingerprint density at radius 1 is 1.09 bits per heavy atom. The Labute approximate surface area is 130 Å². The van der Waals surface area contributed by atoms with Crippen molar-refractivity contribution in [3.05, 3.63) is 18.5 Å². The van der Waals surface area contributed by atoms with Gasteiger partial charge in [0.15, 0.2) is 5.65 Å². The van der Waals surface area contributed by atoms with Crippen LogP contribution in [-0.4, -0.2) is 81.0 Å². The van der Waals surface area contributed by atoms with E-state index < -0.39 is 0 Å². The molecular formula is C15H23N7. The number of rotatable bonds is 3. The summed E-state index contributed by atoms with van der Waals surface area (Å²) in [5.41, 5.74) is 0.797. The van der Waals surface area contributed by atoms with Gasteiger partial charge >= 0.3 is 0 Å². The van der Waals surface area contributed by atoms with Crippen molar-refractivity contribution < 1.29 is 0 Å². The molecule has 0 radical (unpaired) electrons. The van der Waals surface area contributed by atoms with E-state index in [9.17, 15) is 0 Å². The smallest absolute Gasteiger partial charge is 0.177 e. The van der Waals surface area contributed by atoms with Gasteiger partial charge in [-0.3, -0.25) is 9.80 Å². The highest BCUT2D eigenvalue weighted by atomic mass is 15.4. The van der Waals surface area contributed by atoms with Crippen LogP contribution in [0.25, 0.3) is 5.65 Å². The monoisotopic (exact) mass is 301 g/mol. The first-order valence-corrected chi connectivity index (χ1v) is 8.11. The summed E-state index contributed by atoms with van der Waals surface area (Å²) in [5, 5.41) is 12.4. The van der Waals surface area contributed by atoms with Crippen LogP contribution >= 0.6 is 0 Å². The molecule has 2 saturated heterocycles. The fourth-order valence-electron chi connectivity index (χ4n) is 3.38. The van der Waals surface area contributed by atoms with Crippen LogP contribution in [0.3, 0.4) is 0 Å². The van der Waals surface area contributed by atoms with E-state index in [0.29, 0.717) is 12.1 Å². The van der Waals surface area contributed by atoms with Crippen molar-refractivity contribution >= 4 is 11.5 Å². The lowest BCUT2D eigenvalue weighted by molar-refractivity contribution is 0.0676. The Morgan fingerprint density at radius 3 is 2.59 bits per heavy atom. The molecule has 0 aromatic carbocycles. The maximum absolute atomic E-state index is 4.56. The van der Waals surface area contributed by atoms with Gasteiger partial charge in [-0.15, -0.1) is 15.3 Å². The summed E-state index contributed by atoms with van der Waals surface area (Å²) in [6.45, 7) is 11.5. The van der Waals surface area contributed by atoms with Gasteiger partial charge in [0.1, 0.15) is 12.1 Å². The summed E-state index contributed by atoms with van der Waals surface area (Å²) >= 11 is 0. The Bertz CT molecular complexity index is 638. The highest BCUT2D eigenvalue weighted by Gasteiger charge is 2.34. The van der Waals surface area contributed by atoms with Gasteiger partial charge in [0, 0.05) is 51.4 Å². The van der Waals surface area contributed by atoms with Gasteiger partial charge in [-0.05, 0) is 26.0 Å². The third-order valence-electron chi connectivity index (χ3n) is 4.93. The van der Waals surface area contributed by atoms with Crippen molar-refractivity contribution in [2.45, 2.75) is 25.9 Å². The Balaban J connectivity index is 1.34. The summed E-state index contributed by atoms with van der Waals surface area (Å²) in [7, 11) is 0. The Morgan fingerprint density at radius 2 is 1.86 bits per heavy atom. The third kappa shape index (κ3) is 2.44. The van der Waals surface area contributed by atoms with Crippen LogP contribution in [0.4, 0.5) is 5.82 Å². The molecule has 7 nitrogen and oxygen atoms in total. The molecule has 4 rings (SSSR count). The number of fused-ring (bicyclic) bond motifs is 1. The molecule has 22 heavy (non-hydrogen) atoms. The topological polar surface area (TPSA) is 52.8 Å². The summed E-state index contributed by atoms with van der Waals surface area (Å²) in [5.74, 6) is 1.02. The van der Waals surface area contributed by atoms with Gasteiger partial charge < -0.3 is 4.90 Å². The van der Waals surface area contributed by atoms with E-state index >= 15 is 0 Å². The summed E-state index contributed by atoms with van der Waals surface area (Å²) in [6, 6.07) is 5.36. The summed E-state index contributed by atoms with van der Waals surface area (Å²) in [4.78, 5) is 7.53. The zero-order valence-corrected chi connectivity index (χ0v) is 13.3. The maximum atomic E-state index is 4.56. The average Bonchev–Trinajstić information content (AvgIpc) is 2.94. The van der Waals surface area contributed by atoms with Crippen LogP contribution in [0.2, 0.25) is 0 Å². The minimum Gasteiger partial charge on any atom is -0.352 e. The first-order chi connectivity index (χ1) is 10.7. The summed E-state index contributed by atoms with van der Waals surface area (Å²) in [6.07, 6.45) is 1.65. The van der Waals surface area contributed by atoms with E-state index in [4.69, 9.17) is 0 Å².